The van der Waals surface area contributed by atoms with Gasteiger partial charge in [-0.05, 0) is 42.8 Å². The molecule has 0 spiro atoms. The van der Waals surface area contributed by atoms with Crippen LogP contribution in [0.1, 0.15) is 18.1 Å². The topological polar surface area (TPSA) is 30.9 Å². The van der Waals surface area contributed by atoms with Crippen LogP contribution in [0.5, 0.6) is 17.2 Å². The predicted molar refractivity (Wildman–Crippen MR) is 88.2 cm³/mol. The molecule has 0 aromatic heterocycles. The Bertz CT molecular complexity index is 734. The Balaban J connectivity index is 1.56. The van der Waals surface area contributed by atoms with Crippen LogP contribution in [0.15, 0.2) is 36.4 Å². The molecule has 120 valence electrons. The minimum atomic E-state index is 0.131. The van der Waals surface area contributed by atoms with Crippen LogP contribution in [0.4, 0.5) is 0 Å². The highest BCUT2D eigenvalue weighted by molar-refractivity contribution is 6.30. The van der Waals surface area contributed by atoms with Gasteiger partial charge in [0, 0.05) is 30.2 Å². The smallest absolute Gasteiger partial charge is 0.231 e. The quantitative estimate of drug-likeness (QED) is 0.836. The van der Waals surface area contributed by atoms with E-state index in [0.29, 0.717) is 6.79 Å². The van der Waals surface area contributed by atoms with Gasteiger partial charge in [-0.15, -0.1) is 0 Å². The van der Waals surface area contributed by atoms with Gasteiger partial charge < -0.3 is 14.2 Å². The Morgan fingerprint density at radius 1 is 1.09 bits per heavy atom. The van der Waals surface area contributed by atoms with Crippen LogP contribution in [-0.2, 0) is 13.1 Å². The van der Waals surface area contributed by atoms with Gasteiger partial charge in [-0.3, -0.25) is 4.90 Å². The van der Waals surface area contributed by atoms with Gasteiger partial charge in [-0.25, -0.2) is 0 Å². The molecule has 2 aromatic rings. The second-order valence-electron chi connectivity index (χ2n) is 6.04. The lowest BCUT2D eigenvalue weighted by molar-refractivity contribution is 0.156. The zero-order valence-corrected chi connectivity index (χ0v) is 13.7. The summed E-state index contributed by atoms with van der Waals surface area (Å²) in [4.78, 5) is 2.37. The number of benzene rings is 2. The first-order valence-corrected chi connectivity index (χ1v) is 8.11. The molecular weight excluding hydrogens is 314 g/mol. The molecule has 0 bridgehead atoms. The van der Waals surface area contributed by atoms with Crippen LogP contribution in [0, 0.1) is 0 Å². The van der Waals surface area contributed by atoms with E-state index in [9.17, 15) is 0 Å². The molecule has 0 radical (unpaired) electrons. The van der Waals surface area contributed by atoms with Gasteiger partial charge in [0.1, 0.15) is 11.9 Å². The molecule has 2 aliphatic heterocycles. The molecule has 0 N–H and O–H groups in total. The Hall–Kier alpha value is -1.91. The summed E-state index contributed by atoms with van der Waals surface area (Å²) < 4.78 is 16.8. The SMILES string of the molecule is CC1CN(Cc2ccc3c(c2)OCO3)Cc2cc(Cl)ccc2O1. The summed E-state index contributed by atoms with van der Waals surface area (Å²) in [6, 6.07) is 11.9. The van der Waals surface area contributed by atoms with Crippen LogP contribution < -0.4 is 14.2 Å². The summed E-state index contributed by atoms with van der Waals surface area (Å²) in [5.74, 6) is 2.57. The number of ether oxygens (including phenoxy) is 3. The molecule has 0 amide bonds. The first kappa shape index (κ1) is 14.7. The summed E-state index contributed by atoms with van der Waals surface area (Å²) in [7, 11) is 0. The van der Waals surface area contributed by atoms with Crippen LogP contribution in [0.25, 0.3) is 0 Å². The number of halogens is 1. The van der Waals surface area contributed by atoms with Gasteiger partial charge in [-0.2, -0.15) is 0 Å². The van der Waals surface area contributed by atoms with Crippen molar-refractivity contribution >= 4 is 11.6 Å². The molecule has 5 heteroatoms. The van der Waals surface area contributed by atoms with Crippen molar-refractivity contribution in [2.75, 3.05) is 13.3 Å². The maximum atomic E-state index is 6.13. The van der Waals surface area contributed by atoms with Gasteiger partial charge in [-0.1, -0.05) is 17.7 Å². The molecule has 0 fully saturated rings. The maximum absolute atomic E-state index is 6.13. The van der Waals surface area contributed by atoms with E-state index in [0.717, 1.165) is 47.5 Å². The fraction of sp³-hybridized carbons (Fsp3) is 0.333. The van der Waals surface area contributed by atoms with Crippen molar-refractivity contribution in [1.29, 1.82) is 0 Å². The van der Waals surface area contributed by atoms with Crippen molar-refractivity contribution in [3.63, 3.8) is 0 Å². The fourth-order valence-electron chi connectivity index (χ4n) is 3.13. The Morgan fingerprint density at radius 3 is 2.83 bits per heavy atom. The Morgan fingerprint density at radius 2 is 1.91 bits per heavy atom. The normalized spacial score (nSPS) is 19.8. The van der Waals surface area contributed by atoms with Crippen molar-refractivity contribution < 1.29 is 14.2 Å². The Labute approximate surface area is 140 Å². The molecule has 2 heterocycles. The number of rotatable bonds is 2. The van der Waals surface area contributed by atoms with Crippen molar-refractivity contribution in [2.45, 2.75) is 26.1 Å². The first-order valence-electron chi connectivity index (χ1n) is 7.73. The highest BCUT2D eigenvalue weighted by Gasteiger charge is 2.21. The third kappa shape index (κ3) is 3.09. The second kappa shape index (κ2) is 5.95. The third-order valence-corrected chi connectivity index (χ3v) is 4.34. The molecule has 1 atom stereocenters. The zero-order valence-electron chi connectivity index (χ0n) is 12.9. The molecule has 23 heavy (non-hydrogen) atoms. The number of nitrogens with zero attached hydrogens (tertiary/aromatic N) is 1. The van der Waals surface area contributed by atoms with Crippen LogP contribution in [0.3, 0.4) is 0 Å². The fourth-order valence-corrected chi connectivity index (χ4v) is 3.32. The summed E-state index contributed by atoms with van der Waals surface area (Å²) in [5.41, 5.74) is 2.33. The molecule has 4 nitrogen and oxygen atoms in total. The minimum Gasteiger partial charge on any atom is -0.489 e. The summed E-state index contributed by atoms with van der Waals surface area (Å²) in [6.45, 7) is 4.90. The molecular formula is C18H18ClNO3. The van der Waals surface area contributed by atoms with E-state index in [1.807, 2.05) is 24.3 Å². The van der Waals surface area contributed by atoms with Crippen molar-refractivity contribution in [2.24, 2.45) is 0 Å². The lowest BCUT2D eigenvalue weighted by atomic mass is 10.1. The number of hydrogen-bond acceptors (Lipinski definition) is 4. The number of hydrogen-bond donors (Lipinski definition) is 0. The van der Waals surface area contributed by atoms with Gasteiger partial charge >= 0.3 is 0 Å². The second-order valence-corrected chi connectivity index (χ2v) is 6.47. The monoisotopic (exact) mass is 331 g/mol. The van der Waals surface area contributed by atoms with Crippen LogP contribution in [-0.4, -0.2) is 24.3 Å². The van der Waals surface area contributed by atoms with Gasteiger partial charge in [0.05, 0.1) is 0 Å². The zero-order chi connectivity index (χ0) is 15.8. The molecule has 0 saturated carbocycles. The largest absolute Gasteiger partial charge is 0.489 e. The van der Waals surface area contributed by atoms with E-state index in [2.05, 4.69) is 24.0 Å². The van der Waals surface area contributed by atoms with E-state index in [1.165, 1.54) is 5.56 Å². The van der Waals surface area contributed by atoms with E-state index in [4.69, 9.17) is 25.8 Å². The third-order valence-electron chi connectivity index (χ3n) is 4.10. The molecule has 1 unspecified atom stereocenters. The molecule has 2 aromatic carbocycles. The first-order chi connectivity index (χ1) is 11.2. The highest BCUT2D eigenvalue weighted by atomic mass is 35.5. The summed E-state index contributed by atoms with van der Waals surface area (Å²) in [6.07, 6.45) is 0.131. The van der Waals surface area contributed by atoms with Crippen LogP contribution in [0.2, 0.25) is 5.02 Å². The van der Waals surface area contributed by atoms with E-state index in [1.54, 1.807) is 0 Å². The van der Waals surface area contributed by atoms with Gasteiger partial charge in [0.2, 0.25) is 6.79 Å². The van der Waals surface area contributed by atoms with Gasteiger partial charge in [0.15, 0.2) is 11.5 Å². The summed E-state index contributed by atoms with van der Waals surface area (Å²) in [5, 5.41) is 0.741. The van der Waals surface area contributed by atoms with E-state index < -0.39 is 0 Å². The van der Waals surface area contributed by atoms with Crippen LogP contribution >= 0.6 is 11.6 Å². The molecule has 0 aliphatic carbocycles. The Kier molecular flexibility index (Phi) is 3.79. The molecule has 4 rings (SSSR count). The van der Waals surface area contributed by atoms with Crippen molar-refractivity contribution in [3.8, 4) is 17.2 Å². The predicted octanol–water partition coefficient (Wildman–Crippen LogP) is 3.85. The van der Waals surface area contributed by atoms with Gasteiger partial charge in [0.25, 0.3) is 0 Å². The van der Waals surface area contributed by atoms with E-state index in [-0.39, 0.29) is 6.10 Å². The number of fused-ring (bicyclic) bond motifs is 2. The van der Waals surface area contributed by atoms with Crippen molar-refractivity contribution in [3.05, 3.63) is 52.5 Å². The lowest BCUT2D eigenvalue weighted by Crippen LogP contribution is -2.30. The van der Waals surface area contributed by atoms with E-state index >= 15 is 0 Å². The van der Waals surface area contributed by atoms with Crippen molar-refractivity contribution in [1.82, 2.24) is 4.90 Å². The highest BCUT2D eigenvalue weighted by Crippen LogP contribution is 2.34. The standard InChI is InChI=1S/C18H18ClNO3/c1-12-8-20(10-14-7-15(19)3-5-16(14)23-12)9-13-2-4-17-18(6-13)22-11-21-17/h2-7,12H,8-11H2,1H3. The maximum Gasteiger partial charge on any atom is 0.231 e. The summed E-state index contributed by atoms with van der Waals surface area (Å²) >= 11 is 6.13. The average Bonchev–Trinajstić information content (AvgIpc) is 2.91. The average molecular weight is 332 g/mol. The lowest BCUT2D eigenvalue weighted by Gasteiger charge is -2.22. The molecule has 2 aliphatic rings. The minimum absolute atomic E-state index is 0.131. The molecule has 0 saturated heterocycles.